The van der Waals surface area contributed by atoms with Crippen molar-refractivity contribution in [2.24, 2.45) is 5.92 Å². The molecule has 1 amide bonds. The van der Waals surface area contributed by atoms with Crippen molar-refractivity contribution in [3.63, 3.8) is 0 Å². The number of hydrogen-bond acceptors (Lipinski definition) is 4. The Balaban J connectivity index is 2.06. The highest BCUT2D eigenvalue weighted by molar-refractivity contribution is 5.87. The lowest BCUT2D eigenvalue weighted by atomic mass is 10.0. The molecule has 8 heteroatoms. The number of carboxylic acid groups (broad SMARTS) is 1. The standard InChI is InChI=1S/C22H23N3O5/c1-13(2)12-17(19(26)24-18(21(28)29)14-8-4-3-5-9-14)25-20(27)15-10-6-7-11-16(15)23-22(25)30/h3-11,13,17-18H,12H2,1-2H3,(H,23,30)(H,24,26)(H,28,29)/t17-,18+/m0/s1. The number of nitrogens with one attached hydrogen (secondary N) is 2. The van der Waals surface area contributed by atoms with Gasteiger partial charge in [0.2, 0.25) is 5.91 Å². The molecule has 0 unspecified atom stereocenters. The second-order valence-electron chi connectivity index (χ2n) is 7.49. The van der Waals surface area contributed by atoms with Crippen molar-refractivity contribution in [2.45, 2.75) is 32.4 Å². The quantitative estimate of drug-likeness (QED) is 0.552. The fourth-order valence-corrected chi connectivity index (χ4v) is 3.41. The summed E-state index contributed by atoms with van der Waals surface area (Å²) in [4.78, 5) is 53.2. The van der Waals surface area contributed by atoms with Crippen LogP contribution < -0.4 is 16.6 Å². The highest BCUT2D eigenvalue weighted by Crippen LogP contribution is 2.19. The predicted molar refractivity (Wildman–Crippen MR) is 112 cm³/mol. The Kier molecular flexibility index (Phi) is 6.15. The summed E-state index contributed by atoms with van der Waals surface area (Å²) in [7, 11) is 0. The molecular formula is C22H23N3O5. The van der Waals surface area contributed by atoms with Crippen molar-refractivity contribution in [3.05, 3.63) is 81.0 Å². The third kappa shape index (κ3) is 4.32. The van der Waals surface area contributed by atoms with E-state index in [9.17, 15) is 24.3 Å². The first kappa shape index (κ1) is 21.0. The summed E-state index contributed by atoms with van der Waals surface area (Å²) in [6.07, 6.45) is 0.189. The van der Waals surface area contributed by atoms with Crippen LogP contribution in [0.4, 0.5) is 0 Å². The third-order valence-electron chi connectivity index (χ3n) is 4.81. The average molecular weight is 409 g/mol. The van der Waals surface area contributed by atoms with E-state index in [4.69, 9.17) is 0 Å². The van der Waals surface area contributed by atoms with Crippen LogP contribution in [0.1, 0.15) is 37.9 Å². The molecule has 0 radical (unpaired) electrons. The number of fused-ring (bicyclic) bond motifs is 1. The molecule has 0 aliphatic heterocycles. The number of hydrogen-bond donors (Lipinski definition) is 3. The summed E-state index contributed by atoms with van der Waals surface area (Å²) in [5.74, 6) is -1.97. The fraction of sp³-hybridized carbons (Fsp3) is 0.273. The highest BCUT2D eigenvalue weighted by atomic mass is 16.4. The van der Waals surface area contributed by atoms with E-state index in [1.807, 2.05) is 13.8 Å². The monoisotopic (exact) mass is 409 g/mol. The lowest BCUT2D eigenvalue weighted by Crippen LogP contribution is -2.46. The summed E-state index contributed by atoms with van der Waals surface area (Å²) >= 11 is 0. The summed E-state index contributed by atoms with van der Waals surface area (Å²) in [5, 5.41) is 12.4. The molecule has 2 aromatic carbocycles. The molecule has 30 heavy (non-hydrogen) atoms. The van der Waals surface area contributed by atoms with Gasteiger partial charge in [-0.3, -0.25) is 9.59 Å². The number of benzene rings is 2. The molecule has 3 rings (SSSR count). The molecule has 3 aromatic rings. The maximum Gasteiger partial charge on any atom is 0.330 e. The van der Waals surface area contributed by atoms with Gasteiger partial charge in [0.15, 0.2) is 6.04 Å². The van der Waals surface area contributed by atoms with Gasteiger partial charge < -0.3 is 15.4 Å². The van der Waals surface area contributed by atoms with Crippen molar-refractivity contribution in [2.75, 3.05) is 0 Å². The minimum Gasteiger partial charge on any atom is -0.479 e. The summed E-state index contributed by atoms with van der Waals surface area (Å²) in [5.41, 5.74) is -0.547. The summed E-state index contributed by atoms with van der Waals surface area (Å²) in [6.45, 7) is 3.71. The van der Waals surface area contributed by atoms with Crippen molar-refractivity contribution in [3.8, 4) is 0 Å². The zero-order valence-electron chi connectivity index (χ0n) is 16.7. The zero-order chi connectivity index (χ0) is 21.8. The Morgan fingerprint density at radius 3 is 2.30 bits per heavy atom. The van der Waals surface area contributed by atoms with Crippen LogP contribution in [0.3, 0.4) is 0 Å². The lowest BCUT2D eigenvalue weighted by molar-refractivity contribution is -0.142. The molecule has 0 fully saturated rings. The van der Waals surface area contributed by atoms with Crippen molar-refractivity contribution >= 4 is 22.8 Å². The second kappa shape index (κ2) is 8.77. The SMILES string of the molecule is CC(C)C[C@@H](C(=O)N[C@@H](C(=O)O)c1ccccc1)n1c(=O)[nH]c2ccccc2c1=O. The van der Waals surface area contributed by atoms with E-state index in [-0.39, 0.29) is 17.7 Å². The van der Waals surface area contributed by atoms with Gasteiger partial charge >= 0.3 is 11.7 Å². The van der Waals surface area contributed by atoms with E-state index in [1.165, 1.54) is 0 Å². The molecule has 2 atom stereocenters. The largest absolute Gasteiger partial charge is 0.479 e. The van der Waals surface area contributed by atoms with E-state index in [2.05, 4.69) is 10.3 Å². The molecule has 0 saturated carbocycles. The smallest absolute Gasteiger partial charge is 0.330 e. The van der Waals surface area contributed by atoms with E-state index in [0.29, 0.717) is 11.1 Å². The molecule has 0 aliphatic carbocycles. The van der Waals surface area contributed by atoms with Crippen LogP contribution in [-0.4, -0.2) is 26.5 Å². The Morgan fingerprint density at radius 2 is 1.67 bits per heavy atom. The number of amides is 1. The van der Waals surface area contributed by atoms with Crippen LogP contribution in [0.2, 0.25) is 0 Å². The zero-order valence-corrected chi connectivity index (χ0v) is 16.7. The van der Waals surface area contributed by atoms with E-state index in [0.717, 1.165) is 4.57 Å². The first-order chi connectivity index (χ1) is 14.3. The highest BCUT2D eigenvalue weighted by Gasteiger charge is 2.30. The van der Waals surface area contributed by atoms with Crippen LogP contribution in [-0.2, 0) is 9.59 Å². The van der Waals surface area contributed by atoms with Gasteiger partial charge in [0.25, 0.3) is 5.56 Å². The maximum absolute atomic E-state index is 13.1. The first-order valence-electron chi connectivity index (χ1n) is 9.61. The molecule has 0 saturated heterocycles. The van der Waals surface area contributed by atoms with Gasteiger partial charge in [-0.15, -0.1) is 0 Å². The van der Waals surface area contributed by atoms with Crippen LogP contribution in [0.5, 0.6) is 0 Å². The number of aromatic nitrogens is 2. The Labute approximate surface area is 172 Å². The van der Waals surface area contributed by atoms with Crippen molar-refractivity contribution in [1.29, 1.82) is 0 Å². The molecule has 3 N–H and O–H groups in total. The number of para-hydroxylation sites is 1. The third-order valence-corrected chi connectivity index (χ3v) is 4.81. The van der Waals surface area contributed by atoms with Gasteiger partial charge in [0.1, 0.15) is 6.04 Å². The number of H-pyrrole nitrogens is 1. The van der Waals surface area contributed by atoms with Crippen LogP contribution in [0.25, 0.3) is 10.9 Å². The minimum atomic E-state index is -1.30. The number of carbonyl (C=O) groups excluding carboxylic acids is 1. The fourth-order valence-electron chi connectivity index (χ4n) is 3.41. The molecule has 0 aliphatic rings. The molecule has 8 nitrogen and oxygen atoms in total. The van der Waals surface area contributed by atoms with Crippen LogP contribution >= 0.6 is 0 Å². The molecule has 0 spiro atoms. The van der Waals surface area contributed by atoms with Crippen LogP contribution in [0, 0.1) is 5.92 Å². The Bertz CT molecular complexity index is 1180. The number of carboxylic acids is 1. The van der Waals surface area contributed by atoms with Gasteiger partial charge in [0.05, 0.1) is 10.9 Å². The minimum absolute atomic E-state index is 0.0291. The topological polar surface area (TPSA) is 121 Å². The summed E-state index contributed by atoms with van der Waals surface area (Å²) in [6, 6.07) is 12.3. The van der Waals surface area contributed by atoms with Gasteiger partial charge in [-0.2, -0.15) is 0 Å². The Hall–Kier alpha value is -3.68. The lowest BCUT2D eigenvalue weighted by Gasteiger charge is -2.23. The van der Waals surface area contributed by atoms with Gasteiger partial charge in [0, 0.05) is 0 Å². The van der Waals surface area contributed by atoms with Crippen molar-refractivity contribution < 1.29 is 14.7 Å². The van der Waals surface area contributed by atoms with Crippen molar-refractivity contribution in [1.82, 2.24) is 14.9 Å². The van der Waals surface area contributed by atoms with E-state index >= 15 is 0 Å². The second-order valence-corrected chi connectivity index (χ2v) is 7.49. The molecule has 1 heterocycles. The molecular weight excluding hydrogens is 386 g/mol. The number of nitrogens with zero attached hydrogens (tertiary/aromatic N) is 1. The van der Waals surface area contributed by atoms with Gasteiger partial charge in [-0.25, -0.2) is 14.2 Å². The number of aliphatic carboxylic acids is 1. The first-order valence-corrected chi connectivity index (χ1v) is 9.61. The average Bonchev–Trinajstić information content (AvgIpc) is 2.71. The number of rotatable bonds is 7. The molecule has 1 aromatic heterocycles. The summed E-state index contributed by atoms with van der Waals surface area (Å²) < 4.78 is 0.877. The van der Waals surface area contributed by atoms with E-state index < -0.39 is 35.2 Å². The van der Waals surface area contributed by atoms with E-state index in [1.54, 1.807) is 54.6 Å². The Morgan fingerprint density at radius 1 is 1.03 bits per heavy atom. The van der Waals surface area contributed by atoms with Gasteiger partial charge in [-0.1, -0.05) is 56.3 Å². The normalized spacial score (nSPS) is 13.2. The predicted octanol–water partition coefficient (Wildman–Crippen LogP) is 2.22. The maximum atomic E-state index is 13.1. The molecule has 156 valence electrons. The molecule has 0 bridgehead atoms. The van der Waals surface area contributed by atoms with Gasteiger partial charge in [-0.05, 0) is 30.0 Å². The number of aromatic amines is 1. The van der Waals surface area contributed by atoms with Crippen LogP contribution in [0.15, 0.2) is 64.2 Å². The number of carbonyl (C=O) groups is 2.